The van der Waals surface area contributed by atoms with Crippen LogP contribution in [0.5, 0.6) is 11.5 Å². The Hall–Kier alpha value is -3.35. The van der Waals surface area contributed by atoms with Crippen molar-refractivity contribution in [3.8, 4) is 22.2 Å². The molecule has 0 spiro atoms. The van der Waals surface area contributed by atoms with Gasteiger partial charge in [0, 0.05) is 16.6 Å². The van der Waals surface area contributed by atoms with Gasteiger partial charge in [0.2, 0.25) is 0 Å². The Bertz CT molecular complexity index is 1590. The van der Waals surface area contributed by atoms with Gasteiger partial charge < -0.3 is 9.47 Å². The van der Waals surface area contributed by atoms with E-state index in [9.17, 15) is 4.79 Å². The highest BCUT2D eigenvalue weighted by molar-refractivity contribution is 7.23. The van der Waals surface area contributed by atoms with Gasteiger partial charge in [0.15, 0.2) is 17.3 Å². The molecule has 5 nitrogen and oxygen atoms in total. The molecule has 3 aromatic carbocycles. The number of fused-ring (bicyclic) bond motifs is 2. The smallest absolute Gasteiger partial charge is 0.261 e. The van der Waals surface area contributed by atoms with E-state index in [2.05, 4.69) is 0 Å². The molecule has 0 atom stereocenters. The molecular weight excluding hydrogens is 468 g/mol. The molecule has 0 aliphatic carbocycles. The van der Waals surface area contributed by atoms with Gasteiger partial charge in [0.1, 0.15) is 0 Å². The van der Waals surface area contributed by atoms with E-state index in [1.165, 1.54) is 0 Å². The zero-order chi connectivity index (χ0) is 23.8. The van der Waals surface area contributed by atoms with Gasteiger partial charge in [-0.25, -0.2) is 4.98 Å². The summed E-state index contributed by atoms with van der Waals surface area (Å²) in [7, 11) is 3.23. The summed E-state index contributed by atoms with van der Waals surface area (Å²) in [5.74, 6) is 1.92. The minimum atomic E-state index is -0.0716. The fourth-order valence-electron chi connectivity index (χ4n) is 4.15. The summed E-state index contributed by atoms with van der Waals surface area (Å²) >= 11 is 8.36. The summed E-state index contributed by atoms with van der Waals surface area (Å²) in [6.45, 7) is 2.43. The average Bonchev–Trinajstić information content (AvgIpc) is 3.19. The number of aromatic nitrogens is 2. The molecule has 2 heterocycles. The van der Waals surface area contributed by atoms with E-state index >= 15 is 0 Å². The molecule has 0 unspecified atom stereocenters. The Morgan fingerprint density at radius 1 is 0.971 bits per heavy atom. The standard InChI is InChI=1S/C27H23ClN2O3S/c1-16-8-10-20-19(14-16)27(31)30(13-12-17-9-11-21(32-2)22(15-17)33-3)26(29-20)25-24(28)18-6-4-5-7-23(18)34-25/h4-11,14-15H,12-13H2,1-3H3. The number of nitrogens with zero attached hydrogens (tertiary/aromatic N) is 2. The van der Waals surface area contributed by atoms with Crippen molar-refractivity contribution in [1.82, 2.24) is 9.55 Å². The Morgan fingerprint density at radius 2 is 1.76 bits per heavy atom. The second kappa shape index (κ2) is 9.12. The van der Waals surface area contributed by atoms with E-state index < -0.39 is 0 Å². The van der Waals surface area contributed by atoms with E-state index in [0.717, 1.165) is 26.1 Å². The van der Waals surface area contributed by atoms with Crippen LogP contribution in [0.4, 0.5) is 0 Å². The van der Waals surface area contributed by atoms with Crippen LogP contribution in [0, 0.1) is 6.92 Å². The number of benzene rings is 3. The summed E-state index contributed by atoms with van der Waals surface area (Å²) in [4.78, 5) is 19.4. The van der Waals surface area contributed by atoms with Crippen LogP contribution in [0.2, 0.25) is 5.02 Å². The van der Waals surface area contributed by atoms with Gasteiger partial charge in [-0.15, -0.1) is 11.3 Å². The van der Waals surface area contributed by atoms with Gasteiger partial charge >= 0.3 is 0 Å². The summed E-state index contributed by atoms with van der Waals surface area (Å²) in [6, 6.07) is 19.5. The molecule has 5 rings (SSSR count). The third-order valence-corrected chi connectivity index (χ3v) is 7.59. The van der Waals surface area contributed by atoms with Gasteiger partial charge in [-0.2, -0.15) is 0 Å². The zero-order valence-electron chi connectivity index (χ0n) is 19.1. The molecule has 0 amide bonds. The molecule has 2 aromatic heterocycles. The molecular formula is C27H23ClN2O3S. The first-order chi connectivity index (χ1) is 16.5. The summed E-state index contributed by atoms with van der Waals surface area (Å²) in [5, 5.41) is 2.20. The van der Waals surface area contributed by atoms with Crippen LogP contribution in [0.25, 0.3) is 31.7 Å². The Labute approximate surface area is 206 Å². The molecule has 7 heteroatoms. The summed E-state index contributed by atoms with van der Waals surface area (Å²) in [5.41, 5.74) is 2.65. The van der Waals surface area contributed by atoms with Crippen molar-refractivity contribution in [2.45, 2.75) is 19.9 Å². The summed E-state index contributed by atoms with van der Waals surface area (Å²) < 4.78 is 13.6. The lowest BCUT2D eigenvalue weighted by Gasteiger charge is -2.14. The first kappa shape index (κ1) is 22.4. The molecule has 0 saturated carbocycles. The van der Waals surface area contributed by atoms with Crippen LogP contribution in [0.15, 0.2) is 65.5 Å². The van der Waals surface area contributed by atoms with E-state index in [1.54, 1.807) is 30.1 Å². The molecule has 172 valence electrons. The van der Waals surface area contributed by atoms with Crippen LogP contribution in [-0.2, 0) is 13.0 Å². The molecule has 5 aromatic rings. The van der Waals surface area contributed by atoms with E-state index in [-0.39, 0.29) is 5.56 Å². The number of hydrogen-bond donors (Lipinski definition) is 0. The Kier molecular flexibility index (Phi) is 6.02. The summed E-state index contributed by atoms with van der Waals surface area (Å²) in [6.07, 6.45) is 0.620. The molecule has 0 saturated heterocycles. The average molecular weight is 491 g/mol. The lowest BCUT2D eigenvalue weighted by molar-refractivity contribution is 0.354. The molecule has 0 aliphatic heterocycles. The van der Waals surface area contributed by atoms with Crippen molar-refractivity contribution in [3.05, 3.63) is 87.2 Å². The number of thiophene rings is 1. The zero-order valence-corrected chi connectivity index (χ0v) is 20.7. The normalized spacial score (nSPS) is 11.3. The highest BCUT2D eigenvalue weighted by atomic mass is 35.5. The van der Waals surface area contributed by atoms with Crippen molar-refractivity contribution in [1.29, 1.82) is 0 Å². The number of rotatable bonds is 6. The van der Waals surface area contributed by atoms with E-state index in [1.807, 2.05) is 67.6 Å². The number of aryl methyl sites for hydroxylation is 2. The number of halogens is 1. The van der Waals surface area contributed by atoms with Crippen molar-refractivity contribution < 1.29 is 9.47 Å². The van der Waals surface area contributed by atoms with Crippen LogP contribution in [0.3, 0.4) is 0 Å². The largest absolute Gasteiger partial charge is 0.493 e. The quantitative estimate of drug-likeness (QED) is 0.272. The lowest BCUT2D eigenvalue weighted by Crippen LogP contribution is -2.24. The first-order valence-electron chi connectivity index (χ1n) is 10.9. The first-order valence-corrected chi connectivity index (χ1v) is 12.1. The molecule has 0 bridgehead atoms. The second-order valence-corrected chi connectivity index (χ2v) is 9.52. The fraction of sp³-hybridized carbons (Fsp3) is 0.185. The molecule has 0 N–H and O–H groups in total. The monoisotopic (exact) mass is 490 g/mol. The van der Waals surface area contributed by atoms with Gasteiger partial charge in [-0.05, 0) is 49.2 Å². The van der Waals surface area contributed by atoms with Crippen molar-refractivity contribution in [3.63, 3.8) is 0 Å². The van der Waals surface area contributed by atoms with Crippen LogP contribution in [0.1, 0.15) is 11.1 Å². The number of hydrogen-bond acceptors (Lipinski definition) is 5. The highest BCUT2D eigenvalue weighted by Crippen LogP contribution is 2.41. The number of methoxy groups -OCH3 is 2. The lowest BCUT2D eigenvalue weighted by atomic mass is 10.1. The van der Waals surface area contributed by atoms with Crippen molar-refractivity contribution in [2.75, 3.05) is 14.2 Å². The maximum Gasteiger partial charge on any atom is 0.261 e. The van der Waals surface area contributed by atoms with Gasteiger partial charge in [-0.3, -0.25) is 9.36 Å². The Balaban J connectivity index is 1.65. The predicted molar refractivity (Wildman–Crippen MR) is 140 cm³/mol. The Morgan fingerprint density at radius 3 is 2.53 bits per heavy atom. The minimum absolute atomic E-state index is 0.0716. The van der Waals surface area contributed by atoms with Gasteiger partial charge in [0.25, 0.3) is 5.56 Å². The third kappa shape index (κ3) is 3.93. The van der Waals surface area contributed by atoms with Gasteiger partial charge in [0.05, 0.1) is 35.0 Å². The number of ether oxygens (including phenoxy) is 2. The SMILES string of the molecule is COc1ccc(CCn2c(-c3sc4ccccc4c3Cl)nc3ccc(C)cc3c2=O)cc1OC. The van der Waals surface area contributed by atoms with Gasteiger partial charge in [-0.1, -0.05) is 47.5 Å². The van der Waals surface area contributed by atoms with Crippen LogP contribution in [-0.4, -0.2) is 23.8 Å². The fourth-order valence-corrected chi connectivity index (χ4v) is 5.66. The third-order valence-electron chi connectivity index (χ3n) is 5.92. The minimum Gasteiger partial charge on any atom is -0.493 e. The van der Waals surface area contributed by atoms with Crippen LogP contribution < -0.4 is 15.0 Å². The second-order valence-electron chi connectivity index (χ2n) is 8.09. The van der Waals surface area contributed by atoms with Crippen LogP contribution >= 0.6 is 22.9 Å². The van der Waals surface area contributed by atoms with E-state index in [4.69, 9.17) is 26.1 Å². The molecule has 0 fully saturated rings. The predicted octanol–water partition coefficient (Wildman–Crippen LogP) is 6.50. The molecule has 0 aliphatic rings. The topological polar surface area (TPSA) is 53.4 Å². The maximum absolute atomic E-state index is 13.7. The molecule has 0 radical (unpaired) electrons. The highest BCUT2D eigenvalue weighted by Gasteiger charge is 2.19. The van der Waals surface area contributed by atoms with Crippen molar-refractivity contribution >= 4 is 43.9 Å². The van der Waals surface area contributed by atoms with E-state index in [0.29, 0.717) is 46.2 Å². The molecule has 34 heavy (non-hydrogen) atoms. The maximum atomic E-state index is 13.7. The van der Waals surface area contributed by atoms with Crippen molar-refractivity contribution in [2.24, 2.45) is 0 Å².